The highest BCUT2D eigenvalue weighted by atomic mass is 16.5. The van der Waals surface area contributed by atoms with Gasteiger partial charge in [0.2, 0.25) is 0 Å². The van der Waals surface area contributed by atoms with E-state index in [-0.39, 0.29) is 29.9 Å². The Morgan fingerprint density at radius 2 is 1.76 bits per heavy atom. The van der Waals surface area contributed by atoms with Crippen molar-refractivity contribution in [2.24, 2.45) is 40.4 Å². The highest BCUT2D eigenvalue weighted by Gasteiger charge is 2.80. The van der Waals surface area contributed by atoms with Gasteiger partial charge in [-0.25, -0.2) is 0 Å². The molecule has 7 heteroatoms. The Hall–Kier alpha value is -1.25. The molecule has 5 N–H and O–H groups in total. The lowest BCUT2D eigenvalue weighted by Gasteiger charge is -2.51. The molecule has 2 unspecified atom stereocenters. The first kappa shape index (κ1) is 24.9. The van der Waals surface area contributed by atoms with Gasteiger partial charge >= 0.3 is 5.97 Å². The molecule has 33 heavy (non-hydrogen) atoms. The van der Waals surface area contributed by atoms with Gasteiger partial charge < -0.3 is 30.3 Å². The van der Waals surface area contributed by atoms with Crippen molar-refractivity contribution in [3.8, 4) is 0 Å². The lowest BCUT2D eigenvalue weighted by molar-refractivity contribution is -0.216. The summed E-state index contributed by atoms with van der Waals surface area (Å²) in [4.78, 5) is 12.5. The number of carbonyl (C=O) groups excluding carboxylic acids is 1. The number of hydrogen-bond donors (Lipinski definition) is 5. The molecule has 2 bridgehead atoms. The molecule has 0 aliphatic heterocycles. The van der Waals surface area contributed by atoms with Gasteiger partial charge in [-0.3, -0.25) is 4.79 Å². The Balaban J connectivity index is 1.82. The summed E-state index contributed by atoms with van der Waals surface area (Å²) in [5.74, 6) is -2.01. The second kappa shape index (κ2) is 7.37. The maximum atomic E-state index is 12.5. The van der Waals surface area contributed by atoms with Crippen LogP contribution in [0.15, 0.2) is 23.3 Å². The monoisotopic (exact) mass is 464 g/mol. The molecular weight excluding hydrogens is 424 g/mol. The predicted octanol–water partition coefficient (Wildman–Crippen LogP) is 1.56. The first-order valence-electron chi connectivity index (χ1n) is 12.1. The topological polar surface area (TPSA) is 127 Å². The van der Waals surface area contributed by atoms with Crippen molar-refractivity contribution in [2.45, 2.75) is 84.4 Å². The van der Waals surface area contributed by atoms with Gasteiger partial charge in [-0.2, -0.15) is 0 Å². The molecule has 4 aliphatic carbocycles. The van der Waals surface area contributed by atoms with E-state index in [1.807, 2.05) is 34.6 Å². The fourth-order valence-corrected chi connectivity index (χ4v) is 7.38. The van der Waals surface area contributed by atoms with Gasteiger partial charge in [0.25, 0.3) is 0 Å². The van der Waals surface area contributed by atoms with Crippen LogP contribution in [0, 0.1) is 40.4 Å². The van der Waals surface area contributed by atoms with Crippen LogP contribution in [0.25, 0.3) is 0 Å². The smallest absolute Gasteiger partial charge is 0.309 e. The summed E-state index contributed by atoms with van der Waals surface area (Å²) in [6.07, 6.45) is -0.406. The standard InChI is InChI=1S/C26H40O7/c1-12(2)15(5)22(30)33-11-16-8-17-18-23(6,7)25(18,31)10-14(4)24(21(17)29)9-13(3)19(27)26(24,32)20(16)28/h8-9,12,14-15,17-21,27-29,31-32H,10-11H2,1-7H3/t14-,15?,17+,18-,19+,20-,21?,24+,25+,26-/m1/s1. The number of rotatable bonds is 4. The van der Waals surface area contributed by atoms with Gasteiger partial charge in [0.15, 0.2) is 0 Å². The summed E-state index contributed by atoms with van der Waals surface area (Å²) >= 11 is 0. The molecule has 10 atom stereocenters. The zero-order valence-electron chi connectivity index (χ0n) is 20.7. The van der Waals surface area contributed by atoms with Crippen molar-refractivity contribution >= 4 is 5.97 Å². The fourth-order valence-electron chi connectivity index (χ4n) is 7.38. The molecule has 0 heterocycles. The summed E-state index contributed by atoms with van der Waals surface area (Å²) in [7, 11) is 0. The van der Waals surface area contributed by atoms with E-state index >= 15 is 0 Å². The second-order valence-electron chi connectivity index (χ2n) is 12.1. The molecule has 4 aliphatic rings. The molecule has 0 aromatic rings. The van der Waals surface area contributed by atoms with E-state index < -0.39 is 58.1 Å². The minimum Gasteiger partial charge on any atom is -0.461 e. The molecule has 186 valence electrons. The minimum absolute atomic E-state index is 0.0779. The number of aliphatic hydroxyl groups excluding tert-OH is 3. The summed E-state index contributed by atoms with van der Waals surface area (Å²) in [6, 6.07) is 0. The number of fused-ring (bicyclic) bond motifs is 3. The van der Waals surface area contributed by atoms with Crippen LogP contribution in [0.4, 0.5) is 0 Å². The maximum Gasteiger partial charge on any atom is 0.309 e. The first-order chi connectivity index (χ1) is 15.1. The van der Waals surface area contributed by atoms with Crippen molar-refractivity contribution < 1.29 is 35.1 Å². The van der Waals surface area contributed by atoms with E-state index in [1.54, 1.807) is 26.0 Å². The third kappa shape index (κ3) is 2.89. The number of ether oxygens (including phenoxy) is 1. The third-order valence-corrected chi connectivity index (χ3v) is 9.93. The van der Waals surface area contributed by atoms with Crippen LogP contribution in [0.2, 0.25) is 0 Å². The van der Waals surface area contributed by atoms with Crippen molar-refractivity contribution in [1.82, 2.24) is 0 Å². The SMILES string of the molecule is CC1=C[C@]23C(O)[C@@H](C=C(COC(=O)C(C)C(C)C)[C@@H](O)[C@]2(O)[C@H]1O)[C@@H]1C(C)(C)[C@]1(O)C[C@H]3C. The van der Waals surface area contributed by atoms with Crippen LogP contribution in [-0.2, 0) is 9.53 Å². The van der Waals surface area contributed by atoms with Crippen molar-refractivity contribution in [3.63, 3.8) is 0 Å². The Labute approximate surface area is 196 Å². The van der Waals surface area contributed by atoms with Gasteiger partial charge in [-0.1, -0.05) is 53.7 Å². The van der Waals surface area contributed by atoms with Crippen LogP contribution in [0.1, 0.15) is 54.9 Å². The number of hydrogen-bond acceptors (Lipinski definition) is 7. The number of aliphatic hydroxyl groups is 5. The summed E-state index contributed by atoms with van der Waals surface area (Å²) in [5, 5.41) is 58.0. The molecule has 4 rings (SSSR count). The van der Waals surface area contributed by atoms with Gasteiger partial charge in [0.05, 0.1) is 23.0 Å². The molecule has 0 aromatic carbocycles. The van der Waals surface area contributed by atoms with Crippen LogP contribution in [-0.4, -0.2) is 67.6 Å². The molecular formula is C26H40O7. The summed E-state index contributed by atoms with van der Waals surface area (Å²) in [5.41, 5.74) is -4.30. The largest absolute Gasteiger partial charge is 0.461 e. The zero-order valence-corrected chi connectivity index (χ0v) is 20.7. The Morgan fingerprint density at radius 3 is 2.33 bits per heavy atom. The number of carbonyl (C=O) groups is 1. The van der Waals surface area contributed by atoms with E-state index in [0.717, 1.165) is 0 Å². The lowest BCUT2D eigenvalue weighted by Crippen LogP contribution is -2.66. The van der Waals surface area contributed by atoms with Gasteiger partial charge in [-0.05, 0) is 36.3 Å². The van der Waals surface area contributed by atoms with Crippen molar-refractivity contribution in [3.05, 3.63) is 23.3 Å². The van der Waals surface area contributed by atoms with Crippen LogP contribution in [0.3, 0.4) is 0 Å². The highest BCUT2D eigenvalue weighted by molar-refractivity contribution is 5.72. The van der Waals surface area contributed by atoms with Crippen molar-refractivity contribution in [2.75, 3.05) is 6.61 Å². The quantitative estimate of drug-likeness (QED) is 0.316. The van der Waals surface area contributed by atoms with E-state index in [2.05, 4.69) is 0 Å². The average Bonchev–Trinajstić information content (AvgIpc) is 3.11. The summed E-state index contributed by atoms with van der Waals surface area (Å²) < 4.78 is 5.53. The van der Waals surface area contributed by atoms with E-state index in [0.29, 0.717) is 12.0 Å². The van der Waals surface area contributed by atoms with Gasteiger partial charge in [-0.15, -0.1) is 0 Å². The van der Waals surface area contributed by atoms with Crippen molar-refractivity contribution in [1.29, 1.82) is 0 Å². The molecule has 2 fully saturated rings. The van der Waals surface area contributed by atoms with Crippen LogP contribution < -0.4 is 0 Å². The summed E-state index contributed by atoms with van der Waals surface area (Å²) in [6.45, 7) is 12.8. The molecule has 0 saturated heterocycles. The zero-order chi connectivity index (χ0) is 24.9. The first-order valence-corrected chi connectivity index (χ1v) is 12.1. The predicted molar refractivity (Wildman–Crippen MR) is 122 cm³/mol. The van der Waals surface area contributed by atoms with E-state index in [1.165, 1.54) is 0 Å². The van der Waals surface area contributed by atoms with Crippen LogP contribution >= 0.6 is 0 Å². The Morgan fingerprint density at radius 1 is 1.15 bits per heavy atom. The minimum atomic E-state index is -2.12. The average molecular weight is 465 g/mol. The Bertz CT molecular complexity index is 906. The maximum absolute atomic E-state index is 12.5. The third-order valence-electron chi connectivity index (χ3n) is 9.93. The van der Waals surface area contributed by atoms with Gasteiger partial charge in [0.1, 0.15) is 24.4 Å². The van der Waals surface area contributed by atoms with E-state index in [4.69, 9.17) is 4.74 Å². The normalized spacial score (nSPS) is 48.6. The van der Waals surface area contributed by atoms with E-state index in [9.17, 15) is 30.3 Å². The van der Waals surface area contributed by atoms with Crippen LogP contribution in [0.5, 0.6) is 0 Å². The fraction of sp³-hybridized carbons (Fsp3) is 0.808. The molecule has 2 saturated carbocycles. The molecule has 0 radical (unpaired) electrons. The number of esters is 1. The molecule has 0 aromatic heterocycles. The lowest BCUT2D eigenvalue weighted by atomic mass is 9.58. The highest BCUT2D eigenvalue weighted by Crippen LogP contribution is 2.74. The Kier molecular flexibility index (Phi) is 5.56. The second-order valence-corrected chi connectivity index (χ2v) is 12.1. The molecule has 1 spiro atoms. The molecule has 0 amide bonds. The van der Waals surface area contributed by atoms with Gasteiger partial charge in [0, 0.05) is 17.3 Å². The molecule has 7 nitrogen and oxygen atoms in total.